The van der Waals surface area contributed by atoms with Crippen molar-refractivity contribution < 1.29 is 22.3 Å². The fraction of sp³-hybridized carbons (Fsp3) is 0.190. The Labute approximate surface area is 194 Å². The summed E-state index contributed by atoms with van der Waals surface area (Å²) >= 11 is 18.8. The van der Waals surface area contributed by atoms with Crippen molar-refractivity contribution in [3.05, 3.63) is 93.5 Å². The summed E-state index contributed by atoms with van der Waals surface area (Å²) in [5.74, 6) is -0.972. The number of halogens is 4. The molecule has 164 valence electrons. The van der Waals surface area contributed by atoms with E-state index in [-0.39, 0.29) is 5.57 Å². The molecule has 5 nitrogen and oxygen atoms in total. The van der Waals surface area contributed by atoms with Crippen LogP contribution >= 0.6 is 34.8 Å². The maximum atomic E-state index is 15.1. The number of hydrogen-bond acceptors (Lipinski definition) is 4. The van der Waals surface area contributed by atoms with E-state index in [1.807, 2.05) is 0 Å². The molecule has 0 radical (unpaired) electrons. The molecule has 1 aliphatic carbocycles. The van der Waals surface area contributed by atoms with Gasteiger partial charge in [-0.1, -0.05) is 65.1 Å². The lowest BCUT2D eigenvalue weighted by molar-refractivity contribution is -0.115. The highest BCUT2D eigenvalue weighted by Crippen LogP contribution is 2.41. The first-order chi connectivity index (χ1) is 14.5. The topological polar surface area (TPSA) is 72.5 Å². The van der Waals surface area contributed by atoms with Gasteiger partial charge in [0.2, 0.25) is 10.0 Å². The summed E-state index contributed by atoms with van der Waals surface area (Å²) in [6.07, 6.45) is 1.27. The smallest absolute Gasteiger partial charge is 0.264 e. The Morgan fingerprint density at radius 2 is 1.81 bits per heavy atom. The molecule has 0 heterocycles. The van der Waals surface area contributed by atoms with Gasteiger partial charge in [-0.15, -0.1) is 0 Å². The molecule has 2 aromatic rings. The van der Waals surface area contributed by atoms with Crippen LogP contribution in [0.5, 0.6) is 0 Å². The second kappa shape index (κ2) is 9.30. The molecule has 0 aliphatic heterocycles. The fourth-order valence-corrected chi connectivity index (χ4v) is 3.95. The van der Waals surface area contributed by atoms with Crippen LogP contribution in [0.4, 0.5) is 4.39 Å². The number of carbonyl (C=O) groups excluding carboxylic acids is 1. The van der Waals surface area contributed by atoms with Crippen LogP contribution in [-0.2, 0) is 19.6 Å². The Morgan fingerprint density at radius 1 is 1.16 bits per heavy atom. The van der Waals surface area contributed by atoms with Gasteiger partial charge in [0.25, 0.3) is 5.91 Å². The Morgan fingerprint density at radius 3 is 2.39 bits per heavy atom. The minimum Gasteiger partial charge on any atom is -0.340 e. The van der Waals surface area contributed by atoms with Gasteiger partial charge in [0.1, 0.15) is 6.10 Å². The third kappa shape index (κ3) is 5.87. The molecule has 0 fully saturated rings. The Bertz CT molecular complexity index is 1150. The first kappa shape index (κ1) is 23.8. The number of rotatable bonds is 6. The van der Waals surface area contributed by atoms with Crippen LogP contribution in [0.3, 0.4) is 0 Å². The first-order valence-corrected chi connectivity index (χ1v) is 11.9. The van der Waals surface area contributed by atoms with Gasteiger partial charge in [0.15, 0.2) is 11.2 Å². The summed E-state index contributed by atoms with van der Waals surface area (Å²) in [6, 6.07) is 13.6. The molecular weight excluding hydrogens is 488 g/mol. The van der Waals surface area contributed by atoms with Gasteiger partial charge in [0, 0.05) is 21.2 Å². The predicted molar refractivity (Wildman–Crippen MR) is 120 cm³/mol. The Hall–Kier alpha value is -1.90. The standard InChI is InChI=1S/C21H17Cl3FNO4S/c1-31(28,29)26-20(27)14-10-11-21(24,18(25)12-14)30-19(13-6-8-15(22)9-7-13)16-4-2-3-5-17(16)23/h2-12,18-19H,1H3,(H,26,27). The molecular formula is C21H17Cl3FNO4S. The van der Waals surface area contributed by atoms with Crippen molar-refractivity contribution in [3.63, 3.8) is 0 Å². The van der Waals surface area contributed by atoms with Gasteiger partial charge >= 0.3 is 0 Å². The minimum absolute atomic E-state index is 0.196. The van der Waals surface area contributed by atoms with E-state index in [4.69, 9.17) is 39.5 Å². The fourth-order valence-electron chi connectivity index (χ4n) is 2.92. The second-order valence-electron chi connectivity index (χ2n) is 6.83. The largest absolute Gasteiger partial charge is 0.340 e. The molecule has 0 aromatic heterocycles. The van der Waals surface area contributed by atoms with Crippen LogP contribution < -0.4 is 4.72 Å². The molecule has 31 heavy (non-hydrogen) atoms. The van der Waals surface area contributed by atoms with Crippen LogP contribution in [0.2, 0.25) is 10.0 Å². The van der Waals surface area contributed by atoms with E-state index in [9.17, 15) is 13.2 Å². The van der Waals surface area contributed by atoms with E-state index in [0.29, 0.717) is 21.2 Å². The van der Waals surface area contributed by atoms with Crippen LogP contribution in [0.1, 0.15) is 17.2 Å². The van der Waals surface area contributed by atoms with Crippen LogP contribution in [0.25, 0.3) is 0 Å². The van der Waals surface area contributed by atoms with Crippen molar-refractivity contribution in [2.45, 2.75) is 17.3 Å². The van der Waals surface area contributed by atoms with E-state index < -0.39 is 33.3 Å². The van der Waals surface area contributed by atoms with Crippen LogP contribution in [0, 0.1) is 0 Å². The van der Waals surface area contributed by atoms with Gasteiger partial charge < -0.3 is 4.74 Å². The van der Waals surface area contributed by atoms with Crippen molar-refractivity contribution in [1.29, 1.82) is 0 Å². The van der Waals surface area contributed by atoms with E-state index in [2.05, 4.69) is 0 Å². The highest BCUT2D eigenvalue weighted by Gasteiger charge is 2.41. The average Bonchev–Trinajstić information content (AvgIpc) is 2.68. The van der Waals surface area contributed by atoms with Crippen molar-refractivity contribution in [2.75, 3.05) is 6.26 Å². The highest BCUT2D eigenvalue weighted by molar-refractivity contribution is 7.89. The minimum atomic E-state index is -3.80. The molecule has 2 aromatic carbocycles. The van der Waals surface area contributed by atoms with E-state index in [1.165, 1.54) is 6.08 Å². The zero-order valence-electron chi connectivity index (χ0n) is 16.1. The zero-order chi connectivity index (χ0) is 22.8. The SMILES string of the molecule is CS(=O)(=O)NC(=O)C1=CC(F)C(Cl)(OC(c2ccc(Cl)cc2)c2ccccc2Cl)C=C1. The quantitative estimate of drug-likeness (QED) is 0.565. The predicted octanol–water partition coefficient (Wildman–Crippen LogP) is 4.94. The summed E-state index contributed by atoms with van der Waals surface area (Å²) in [5.41, 5.74) is 0.984. The van der Waals surface area contributed by atoms with Crippen LogP contribution in [-0.4, -0.2) is 31.8 Å². The normalized spacial score (nSPS) is 22.0. The van der Waals surface area contributed by atoms with Crippen LogP contribution in [0.15, 0.2) is 72.3 Å². The second-order valence-corrected chi connectivity index (χ2v) is 10.0. The van der Waals surface area contributed by atoms with E-state index in [1.54, 1.807) is 53.3 Å². The van der Waals surface area contributed by atoms with E-state index >= 15 is 4.39 Å². The Balaban J connectivity index is 1.93. The summed E-state index contributed by atoms with van der Waals surface area (Å²) < 4.78 is 45.4. The lowest BCUT2D eigenvalue weighted by Gasteiger charge is -2.34. The molecule has 10 heteroatoms. The molecule has 3 rings (SSSR count). The summed E-state index contributed by atoms with van der Waals surface area (Å²) in [5, 5.41) is -1.08. The van der Waals surface area contributed by atoms with Crippen molar-refractivity contribution in [1.82, 2.24) is 4.72 Å². The summed E-state index contributed by atoms with van der Waals surface area (Å²) in [7, 11) is -3.80. The van der Waals surface area contributed by atoms with Gasteiger partial charge in [0.05, 0.1) is 6.26 Å². The Kier molecular flexibility index (Phi) is 7.13. The number of nitrogens with one attached hydrogen (secondary N) is 1. The molecule has 1 N–H and O–H groups in total. The van der Waals surface area contributed by atoms with E-state index in [0.717, 1.165) is 18.4 Å². The average molecular weight is 505 g/mol. The number of carbonyl (C=O) groups is 1. The first-order valence-electron chi connectivity index (χ1n) is 8.92. The van der Waals surface area contributed by atoms with Gasteiger partial charge in [-0.2, -0.15) is 0 Å². The third-order valence-corrected chi connectivity index (χ3v) is 5.97. The lowest BCUT2D eigenvalue weighted by Crippen LogP contribution is -2.39. The highest BCUT2D eigenvalue weighted by atomic mass is 35.5. The van der Waals surface area contributed by atoms with Gasteiger partial charge in [-0.25, -0.2) is 17.5 Å². The number of alkyl halides is 2. The molecule has 0 bridgehead atoms. The number of sulfonamides is 1. The van der Waals surface area contributed by atoms with Gasteiger partial charge in [-0.3, -0.25) is 4.79 Å². The number of benzene rings is 2. The number of amides is 1. The maximum Gasteiger partial charge on any atom is 0.264 e. The lowest BCUT2D eigenvalue weighted by atomic mass is 9.98. The number of hydrogen-bond donors (Lipinski definition) is 1. The monoisotopic (exact) mass is 503 g/mol. The zero-order valence-corrected chi connectivity index (χ0v) is 19.1. The molecule has 0 spiro atoms. The van der Waals surface area contributed by atoms with Crippen molar-refractivity contribution in [2.24, 2.45) is 0 Å². The number of ether oxygens (including phenoxy) is 1. The molecule has 0 saturated carbocycles. The molecule has 1 amide bonds. The molecule has 3 unspecified atom stereocenters. The summed E-state index contributed by atoms with van der Waals surface area (Å²) in [4.78, 5) is 12.0. The summed E-state index contributed by atoms with van der Waals surface area (Å²) in [6.45, 7) is 0. The molecule has 3 atom stereocenters. The molecule has 0 saturated heterocycles. The van der Waals surface area contributed by atoms with Crippen molar-refractivity contribution >= 4 is 50.7 Å². The maximum absolute atomic E-state index is 15.1. The van der Waals surface area contributed by atoms with Crippen molar-refractivity contribution in [3.8, 4) is 0 Å². The van der Waals surface area contributed by atoms with Gasteiger partial charge in [-0.05, 0) is 42.0 Å². The third-order valence-electron chi connectivity index (χ3n) is 4.39. The molecule has 1 aliphatic rings.